The number of aliphatic hydroxyl groups excluding tert-OH is 1. The molecule has 134 valence electrons. The van der Waals surface area contributed by atoms with Gasteiger partial charge in [-0.2, -0.15) is 0 Å². The monoisotopic (exact) mass is 362 g/mol. The highest BCUT2D eigenvalue weighted by Gasteiger charge is 2.45. The van der Waals surface area contributed by atoms with Gasteiger partial charge in [0.2, 0.25) is 0 Å². The van der Waals surface area contributed by atoms with Crippen LogP contribution >= 0.6 is 0 Å². The van der Waals surface area contributed by atoms with E-state index in [9.17, 15) is 13.5 Å². The standard InChI is InChI=1S/C19H22O5S/c1-14-7-9-16(10-8-14)25(21,22)19-17(20)12-24-18(19)13-23-11-15-5-3-2-4-6-15/h2-10,17-20H,11-13H2,1H3/t17-,18+,19+/m0/s1. The Bertz CT molecular complexity index is 786. The second-order valence-electron chi connectivity index (χ2n) is 6.26. The molecule has 3 rings (SSSR count). The average molecular weight is 362 g/mol. The van der Waals surface area contributed by atoms with Crippen molar-refractivity contribution in [1.29, 1.82) is 0 Å². The maximum atomic E-state index is 12.9. The molecule has 1 saturated heterocycles. The summed E-state index contributed by atoms with van der Waals surface area (Å²) in [4.78, 5) is 0.195. The summed E-state index contributed by atoms with van der Waals surface area (Å²) in [6.07, 6.45) is -1.75. The minimum atomic E-state index is -3.70. The molecule has 2 aromatic carbocycles. The van der Waals surface area contributed by atoms with Crippen molar-refractivity contribution in [3.63, 3.8) is 0 Å². The summed E-state index contributed by atoms with van der Waals surface area (Å²) in [5.74, 6) is 0. The van der Waals surface area contributed by atoms with E-state index in [-0.39, 0.29) is 18.1 Å². The number of aryl methyl sites for hydroxylation is 1. The van der Waals surface area contributed by atoms with Crippen LogP contribution in [0.3, 0.4) is 0 Å². The highest BCUT2D eigenvalue weighted by Crippen LogP contribution is 2.28. The average Bonchev–Trinajstić information content (AvgIpc) is 2.98. The van der Waals surface area contributed by atoms with Gasteiger partial charge >= 0.3 is 0 Å². The van der Waals surface area contributed by atoms with E-state index in [0.717, 1.165) is 11.1 Å². The fourth-order valence-electron chi connectivity index (χ4n) is 2.96. The van der Waals surface area contributed by atoms with Crippen LogP contribution in [0.2, 0.25) is 0 Å². The number of ether oxygens (including phenoxy) is 2. The van der Waals surface area contributed by atoms with Crippen molar-refractivity contribution in [1.82, 2.24) is 0 Å². The van der Waals surface area contributed by atoms with Crippen molar-refractivity contribution >= 4 is 9.84 Å². The predicted molar refractivity (Wildman–Crippen MR) is 94.0 cm³/mol. The quantitative estimate of drug-likeness (QED) is 0.852. The third-order valence-electron chi connectivity index (χ3n) is 4.33. The molecule has 2 aromatic rings. The van der Waals surface area contributed by atoms with Gasteiger partial charge in [0, 0.05) is 0 Å². The molecule has 0 aliphatic carbocycles. The molecule has 1 N–H and O–H groups in total. The summed E-state index contributed by atoms with van der Waals surface area (Å²) in [6, 6.07) is 16.2. The van der Waals surface area contributed by atoms with Gasteiger partial charge in [0.25, 0.3) is 0 Å². The van der Waals surface area contributed by atoms with E-state index in [1.165, 1.54) is 0 Å². The minimum Gasteiger partial charge on any atom is -0.389 e. The normalized spacial score (nSPS) is 23.7. The smallest absolute Gasteiger partial charge is 0.186 e. The van der Waals surface area contributed by atoms with Crippen LogP contribution in [0, 0.1) is 6.92 Å². The van der Waals surface area contributed by atoms with Gasteiger partial charge in [-0.25, -0.2) is 8.42 Å². The zero-order chi connectivity index (χ0) is 17.9. The van der Waals surface area contributed by atoms with Crippen LogP contribution in [0.1, 0.15) is 11.1 Å². The molecule has 6 heteroatoms. The second kappa shape index (κ2) is 7.66. The molecule has 5 nitrogen and oxygen atoms in total. The first-order chi connectivity index (χ1) is 12.0. The predicted octanol–water partition coefficient (Wildman–Crippen LogP) is 2.11. The molecule has 1 aliphatic heterocycles. The number of sulfone groups is 1. The molecule has 1 heterocycles. The van der Waals surface area contributed by atoms with Gasteiger partial charge in [-0.1, -0.05) is 48.0 Å². The Kier molecular flexibility index (Phi) is 5.54. The Balaban J connectivity index is 1.70. The van der Waals surface area contributed by atoms with Crippen molar-refractivity contribution < 1.29 is 23.0 Å². The van der Waals surface area contributed by atoms with Crippen LogP contribution in [0.4, 0.5) is 0 Å². The van der Waals surface area contributed by atoms with Crippen molar-refractivity contribution in [3.8, 4) is 0 Å². The first-order valence-electron chi connectivity index (χ1n) is 8.20. The van der Waals surface area contributed by atoms with Gasteiger partial charge in [0.15, 0.2) is 9.84 Å². The number of hydrogen-bond acceptors (Lipinski definition) is 5. The Hall–Kier alpha value is -1.73. The lowest BCUT2D eigenvalue weighted by molar-refractivity contribution is 0.00919. The van der Waals surface area contributed by atoms with Crippen LogP contribution in [0.15, 0.2) is 59.5 Å². The number of rotatable bonds is 6. The maximum Gasteiger partial charge on any atom is 0.186 e. The van der Waals surface area contributed by atoms with E-state index in [1.54, 1.807) is 24.3 Å². The summed E-state index contributed by atoms with van der Waals surface area (Å²) in [5, 5.41) is 9.15. The molecule has 3 atom stereocenters. The molecular weight excluding hydrogens is 340 g/mol. The van der Waals surface area contributed by atoms with Crippen LogP contribution < -0.4 is 0 Å². The fourth-order valence-corrected chi connectivity index (χ4v) is 4.84. The van der Waals surface area contributed by atoms with E-state index in [2.05, 4.69) is 0 Å². The van der Waals surface area contributed by atoms with E-state index in [1.807, 2.05) is 37.3 Å². The molecule has 0 bridgehead atoms. The van der Waals surface area contributed by atoms with Crippen molar-refractivity contribution in [3.05, 3.63) is 65.7 Å². The highest BCUT2D eigenvalue weighted by molar-refractivity contribution is 7.92. The highest BCUT2D eigenvalue weighted by atomic mass is 32.2. The number of aliphatic hydroxyl groups is 1. The van der Waals surface area contributed by atoms with Crippen LogP contribution in [0.5, 0.6) is 0 Å². The fraction of sp³-hybridized carbons (Fsp3) is 0.368. The van der Waals surface area contributed by atoms with Crippen molar-refractivity contribution in [2.75, 3.05) is 13.2 Å². The molecule has 1 fully saturated rings. The van der Waals surface area contributed by atoms with Gasteiger partial charge < -0.3 is 14.6 Å². The second-order valence-corrected chi connectivity index (χ2v) is 8.37. The van der Waals surface area contributed by atoms with Crippen LogP contribution in [0.25, 0.3) is 0 Å². The number of benzene rings is 2. The first kappa shape index (κ1) is 18.1. The Morgan fingerprint density at radius 2 is 1.80 bits per heavy atom. The maximum absolute atomic E-state index is 12.9. The Morgan fingerprint density at radius 1 is 1.12 bits per heavy atom. The molecule has 25 heavy (non-hydrogen) atoms. The lowest BCUT2D eigenvalue weighted by atomic mass is 10.2. The molecule has 0 unspecified atom stereocenters. The molecule has 0 radical (unpaired) electrons. The molecule has 0 spiro atoms. The first-order valence-corrected chi connectivity index (χ1v) is 9.75. The van der Waals surface area contributed by atoms with Gasteiger partial charge in [0.05, 0.1) is 30.8 Å². The van der Waals surface area contributed by atoms with Gasteiger partial charge in [-0.3, -0.25) is 0 Å². The van der Waals surface area contributed by atoms with Crippen molar-refractivity contribution in [2.24, 2.45) is 0 Å². The summed E-state index contributed by atoms with van der Waals surface area (Å²) in [6.45, 7) is 2.37. The molecule has 0 amide bonds. The van der Waals surface area contributed by atoms with Crippen LogP contribution in [-0.4, -0.2) is 44.2 Å². The summed E-state index contributed by atoms with van der Waals surface area (Å²) in [5.41, 5.74) is 1.98. The zero-order valence-corrected chi connectivity index (χ0v) is 14.9. The topological polar surface area (TPSA) is 72.8 Å². The Labute approximate surface area is 148 Å². The summed E-state index contributed by atoms with van der Waals surface area (Å²) < 4.78 is 36.9. The number of hydrogen-bond donors (Lipinski definition) is 1. The SMILES string of the molecule is Cc1ccc(S(=O)(=O)[C@@H]2[C@@H](O)CO[C@@H]2COCc2ccccc2)cc1. The third kappa shape index (κ3) is 4.10. The molecular formula is C19H22O5S. The lowest BCUT2D eigenvalue weighted by Crippen LogP contribution is -2.40. The summed E-state index contributed by atoms with van der Waals surface area (Å²) >= 11 is 0. The minimum absolute atomic E-state index is 0.00484. The lowest BCUT2D eigenvalue weighted by Gasteiger charge is -2.21. The van der Waals surface area contributed by atoms with E-state index < -0.39 is 27.3 Å². The molecule has 1 aliphatic rings. The summed E-state index contributed by atoms with van der Waals surface area (Å²) in [7, 11) is -3.70. The van der Waals surface area contributed by atoms with Gasteiger partial charge in [0.1, 0.15) is 11.4 Å². The Morgan fingerprint density at radius 3 is 2.48 bits per heavy atom. The van der Waals surface area contributed by atoms with E-state index >= 15 is 0 Å². The zero-order valence-electron chi connectivity index (χ0n) is 14.0. The van der Waals surface area contributed by atoms with Crippen LogP contribution in [-0.2, 0) is 25.9 Å². The van der Waals surface area contributed by atoms with Gasteiger partial charge in [-0.15, -0.1) is 0 Å². The molecule has 0 aromatic heterocycles. The van der Waals surface area contributed by atoms with Crippen molar-refractivity contribution in [2.45, 2.75) is 35.9 Å². The van der Waals surface area contributed by atoms with E-state index in [0.29, 0.717) is 6.61 Å². The third-order valence-corrected chi connectivity index (χ3v) is 6.59. The van der Waals surface area contributed by atoms with Gasteiger partial charge in [-0.05, 0) is 24.6 Å². The largest absolute Gasteiger partial charge is 0.389 e. The van der Waals surface area contributed by atoms with E-state index in [4.69, 9.17) is 9.47 Å². The molecule has 0 saturated carbocycles.